The van der Waals surface area contributed by atoms with E-state index in [2.05, 4.69) is 12.1 Å². The van der Waals surface area contributed by atoms with E-state index >= 15 is 0 Å². The highest BCUT2D eigenvalue weighted by Crippen LogP contribution is 2.42. The van der Waals surface area contributed by atoms with Crippen LogP contribution in [0.15, 0.2) is 0 Å². The van der Waals surface area contributed by atoms with Gasteiger partial charge in [0.1, 0.15) is 11.1 Å². The van der Waals surface area contributed by atoms with Gasteiger partial charge >= 0.3 is 5.97 Å². The molecule has 0 bridgehead atoms. The molecular formula is C18H29N5O3. The molecule has 8 nitrogen and oxygen atoms in total. The SMILES string of the molecule is CC(C)N(CC(=O)O)C1(C#N)CC1.CC(C)N(CC(N)=O)C1(C#N)CC1. The number of aliphatic carboxylic acids is 1. The third-order valence-electron chi connectivity index (χ3n) is 4.84. The number of hydrogen-bond donors (Lipinski definition) is 2. The van der Waals surface area contributed by atoms with Crippen LogP contribution in [0.1, 0.15) is 53.4 Å². The van der Waals surface area contributed by atoms with Gasteiger partial charge in [0.25, 0.3) is 0 Å². The van der Waals surface area contributed by atoms with Crippen LogP contribution in [0.4, 0.5) is 0 Å². The predicted molar refractivity (Wildman–Crippen MR) is 95.7 cm³/mol. The fourth-order valence-electron chi connectivity index (χ4n) is 3.13. The first-order valence-electron chi connectivity index (χ1n) is 8.89. The Morgan fingerprint density at radius 1 is 0.962 bits per heavy atom. The standard InChI is InChI=1S/C9H15N3O.C9H14N2O2/c1-7(2)12(5-8(11)13)9(6-10)3-4-9;1-7(2)11(5-8(12)13)9(6-10)3-4-9/h7H,3-5H2,1-2H3,(H2,11,13);7H,3-5H2,1-2H3,(H,12,13). The smallest absolute Gasteiger partial charge is 0.317 e. The van der Waals surface area contributed by atoms with E-state index in [-0.39, 0.29) is 31.1 Å². The summed E-state index contributed by atoms with van der Waals surface area (Å²) in [5.74, 6) is -1.23. The monoisotopic (exact) mass is 363 g/mol. The van der Waals surface area contributed by atoms with Crippen LogP contribution in [0.25, 0.3) is 0 Å². The molecule has 0 aromatic rings. The number of carboxylic acid groups (broad SMARTS) is 1. The van der Waals surface area contributed by atoms with E-state index in [9.17, 15) is 9.59 Å². The van der Waals surface area contributed by atoms with Crippen LogP contribution < -0.4 is 5.73 Å². The van der Waals surface area contributed by atoms with Gasteiger partial charge in [-0.15, -0.1) is 0 Å². The average molecular weight is 363 g/mol. The van der Waals surface area contributed by atoms with E-state index in [0.29, 0.717) is 0 Å². The number of hydrogen-bond acceptors (Lipinski definition) is 6. The van der Waals surface area contributed by atoms with E-state index < -0.39 is 17.0 Å². The topological polar surface area (TPSA) is 134 Å². The molecule has 0 radical (unpaired) electrons. The van der Waals surface area contributed by atoms with Crippen molar-refractivity contribution < 1.29 is 14.7 Å². The minimum Gasteiger partial charge on any atom is -0.480 e. The van der Waals surface area contributed by atoms with Gasteiger partial charge in [-0.05, 0) is 53.4 Å². The van der Waals surface area contributed by atoms with E-state index in [4.69, 9.17) is 21.4 Å². The molecule has 0 atom stereocenters. The van der Waals surface area contributed by atoms with Crippen LogP contribution >= 0.6 is 0 Å². The Morgan fingerprint density at radius 3 is 1.50 bits per heavy atom. The normalized spacial score (nSPS) is 18.7. The maximum Gasteiger partial charge on any atom is 0.317 e. The summed E-state index contributed by atoms with van der Waals surface area (Å²) in [6.07, 6.45) is 3.31. The molecule has 0 aromatic carbocycles. The molecule has 2 aliphatic rings. The van der Waals surface area contributed by atoms with Crippen LogP contribution in [-0.4, -0.2) is 63.0 Å². The summed E-state index contributed by atoms with van der Waals surface area (Å²) in [5, 5.41) is 26.5. The quantitative estimate of drug-likeness (QED) is 0.658. The second kappa shape index (κ2) is 8.48. The third-order valence-corrected chi connectivity index (χ3v) is 4.84. The van der Waals surface area contributed by atoms with E-state index in [1.807, 2.05) is 32.6 Å². The predicted octanol–water partition coefficient (Wildman–Crippen LogP) is 1.08. The Labute approximate surface area is 155 Å². The number of carbonyl (C=O) groups is 2. The highest BCUT2D eigenvalue weighted by molar-refractivity contribution is 5.76. The lowest BCUT2D eigenvalue weighted by atomic mass is 10.2. The summed E-state index contributed by atoms with van der Waals surface area (Å²) in [6.45, 7) is 7.93. The lowest BCUT2D eigenvalue weighted by molar-refractivity contribution is -0.139. The molecule has 0 aliphatic heterocycles. The molecule has 2 aliphatic carbocycles. The summed E-state index contributed by atoms with van der Waals surface area (Å²) >= 11 is 0. The van der Waals surface area contributed by atoms with Crippen molar-refractivity contribution in [3.63, 3.8) is 0 Å². The van der Waals surface area contributed by atoms with Gasteiger partial charge in [0.05, 0.1) is 25.2 Å². The number of rotatable bonds is 8. The fraction of sp³-hybridized carbons (Fsp3) is 0.778. The Kier molecular flexibility index (Phi) is 7.14. The number of primary amides is 1. The molecule has 0 saturated heterocycles. The van der Waals surface area contributed by atoms with E-state index in [1.54, 1.807) is 4.90 Å². The molecule has 144 valence electrons. The molecule has 26 heavy (non-hydrogen) atoms. The van der Waals surface area contributed by atoms with Crippen molar-refractivity contribution in [1.82, 2.24) is 9.80 Å². The number of nitriles is 2. The Balaban J connectivity index is 0.000000260. The molecule has 0 aromatic heterocycles. The van der Waals surface area contributed by atoms with Crippen molar-refractivity contribution in [3.8, 4) is 12.1 Å². The summed E-state index contributed by atoms with van der Waals surface area (Å²) in [6, 6.07) is 4.76. The third kappa shape index (κ3) is 5.42. The molecule has 1 amide bonds. The zero-order chi connectivity index (χ0) is 20.1. The maximum absolute atomic E-state index is 10.8. The molecule has 2 saturated carbocycles. The first-order valence-corrected chi connectivity index (χ1v) is 8.89. The second-order valence-corrected chi connectivity index (χ2v) is 7.59. The molecule has 2 rings (SSSR count). The van der Waals surface area contributed by atoms with Gasteiger partial charge in [-0.2, -0.15) is 10.5 Å². The molecule has 0 unspecified atom stereocenters. The molecule has 3 N–H and O–H groups in total. The minimum atomic E-state index is -0.866. The van der Waals surface area contributed by atoms with Crippen LogP contribution in [-0.2, 0) is 9.59 Å². The highest BCUT2D eigenvalue weighted by atomic mass is 16.4. The number of amides is 1. The average Bonchev–Trinajstić information content (AvgIpc) is 3.45. The van der Waals surface area contributed by atoms with Crippen molar-refractivity contribution in [1.29, 1.82) is 10.5 Å². The second-order valence-electron chi connectivity index (χ2n) is 7.59. The van der Waals surface area contributed by atoms with Crippen molar-refractivity contribution in [2.75, 3.05) is 13.1 Å². The number of carboxylic acids is 1. The van der Waals surface area contributed by atoms with Gasteiger partial charge in [-0.1, -0.05) is 0 Å². The summed E-state index contributed by atoms with van der Waals surface area (Å²) in [7, 11) is 0. The Bertz CT molecular complexity index is 555. The molecule has 0 spiro atoms. The van der Waals surface area contributed by atoms with Gasteiger partial charge in [0.2, 0.25) is 5.91 Å². The van der Waals surface area contributed by atoms with Crippen molar-refractivity contribution in [2.45, 2.75) is 76.5 Å². The lowest BCUT2D eigenvalue weighted by Crippen LogP contribution is -2.46. The fourth-order valence-corrected chi connectivity index (χ4v) is 3.13. The van der Waals surface area contributed by atoms with Gasteiger partial charge in [0.15, 0.2) is 0 Å². The van der Waals surface area contributed by atoms with Crippen LogP contribution in [0.5, 0.6) is 0 Å². The van der Waals surface area contributed by atoms with Crippen molar-refractivity contribution in [3.05, 3.63) is 0 Å². The van der Waals surface area contributed by atoms with Gasteiger partial charge in [0, 0.05) is 12.1 Å². The van der Waals surface area contributed by atoms with Gasteiger partial charge < -0.3 is 10.8 Å². The van der Waals surface area contributed by atoms with E-state index in [1.165, 1.54) is 0 Å². The zero-order valence-electron chi connectivity index (χ0n) is 16.0. The summed E-state index contributed by atoms with van der Waals surface area (Å²) < 4.78 is 0. The van der Waals surface area contributed by atoms with Crippen LogP contribution in [0.3, 0.4) is 0 Å². The first kappa shape index (κ1) is 21.9. The minimum absolute atomic E-state index is 0.0365. The number of carbonyl (C=O) groups excluding carboxylic acids is 1. The van der Waals surface area contributed by atoms with Crippen molar-refractivity contribution in [2.24, 2.45) is 5.73 Å². The summed E-state index contributed by atoms with van der Waals surface area (Å²) in [4.78, 5) is 25.0. The molecule has 8 heteroatoms. The van der Waals surface area contributed by atoms with Crippen molar-refractivity contribution >= 4 is 11.9 Å². The Hall–Kier alpha value is -2.16. The molecular weight excluding hydrogens is 334 g/mol. The first-order chi connectivity index (χ1) is 12.0. The largest absolute Gasteiger partial charge is 0.480 e. The molecule has 0 heterocycles. The molecule has 2 fully saturated rings. The highest BCUT2D eigenvalue weighted by Gasteiger charge is 2.50. The number of nitrogens with two attached hydrogens (primary N) is 1. The van der Waals surface area contributed by atoms with Crippen LogP contribution in [0, 0.1) is 22.7 Å². The van der Waals surface area contributed by atoms with Gasteiger partial charge in [-0.3, -0.25) is 19.4 Å². The number of nitrogens with zero attached hydrogens (tertiary/aromatic N) is 4. The van der Waals surface area contributed by atoms with E-state index in [0.717, 1.165) is 25.7 Å². The maximum atomic E-state index is 10.8. The van der Waals surface area contributed by atoms with Crippen LogP contribution in [0.2, 0.25) is 0 Å². The zero-order valence-corrected chi connectivity index (χ0v) is 16.0. The Morgan fingerprint density at radius 2 is 1.31 bits per heavy atom. The lowest BCUT2D eigenvalue weighted by Gasteiger charge is -2.29. The van der Waals surface area contributed by atoms with Gasteiger partial charge in [-0.25, -0.2) is 0 Å². The summed E-state index contributed by atoms with van der Waals surface area (Å²) in [5.41, 5.74) is 4.24.